The van der Waals surface area contributed by atoms with Crippen LogP contribution >= 0.6 is 0 Å². The number of benzene rings is 2. The smallest absolute Gasteiger partial charge is 0.326 e. The number of aliphatic imine (C=N–C) groups is 1. The van der Waals surface area contributed by atoms with E-state index in [-0.39, 0.29) is 107 Å². The van der Waals surface area contributed by atoms with Crippen molar-refractivity contribution in [1.82, 2.24) is 46.9 Å². The van der Waals surface area contributed by atoms with E-state index in [2.05, 4.69) is 47.2 Å². The highest BCUT2D eigenvalue weighted by molar-refractivity contribution is 5.97. The molecule has 3 rings (SSSR count). The number of unbranched alkanes of at least 4 members (excludes halogenated alkanes) is 4. The maximum atomic E-state index is 14.4. The maximum Gasteiger partial charge on any atom is 0.326 e. The van der Waals surface area contributed by atoms with Crippen LogP contribution in [-0.2, 0) is 73.8 Å². The molecule has 1 heterocycles. The molecular weight excluding hydrogens is 1250 g/mol. The molecule has 0 fully saturated rings. The summed E-state index contributed by atoms with van der Waals surface area (Å²) in [4.78, 5) is 141. The van der Waals surface area contributed by atoms with Crippen LogP contribution < -0.4 is 66.3 Å². The second-order valence-corrected chi connectivity index (χ2v) is 25.6. The molecule has 3 aromatic rings. The fourth-order valence-corrected chi connectivity index (χ4v) is 11.1. The van der Waals surface area contributed by atoms with Gasteiger partial charge in [-0.15, -0.1) is 5.10 Å². The van der Waals surface area contributed by atoms with E-state index in [0.29, 0.717) is 83.0 Å². The first-order valence-corrected chi connectivity index (χ1v) is 34.0. The van der Waals surface area contributed by atoms with Gasteiger partial charge >= 0.3 is 11.9 Å². The number of hydrogen-bond donors (Lipinski definition) is 15. The lowest BCUT2D eigenvalue weighted by Crippen LogP contribution is -2.61. The zero-order valence-corrected chi connectivity index (χ0v) is 57.2. The third-order valence-electron chi connectivity index (χ3n) is 17.2. The van der Waals surface area contributed by atoms with Gasteiger partial charge in [-0.3, -0.25) is 53.6 Å². The van der Waals surface area contributed by atoms with E-state index in [1.807, 2.05) is 67.6 Å². The Kier molecular flexibility index (Phi) is 38.2. The molecule has 29 nitrogen and oxygen atoms in total. The molecule has 0 saturated carbocycles. The van der Waals surface area contributed by atoms with E-state index >= 15 is 0 Å². The number of carbonyl (C=O) groups excluding carboxylic acids is 8. The number of hydrogen-bond acceptors (Lipinski definition) is 17. The first-order valence-electron chi connectivity index (χ1n) is 34.0. The largest absolute Gasteiger partial charge is 0.481 e. The number of nitrogens with zero attached hydrogens (tertiary/aromatic N) is 4. The lowest BCUT2D eigenvalue weighted by molar-refractivity contribution is -0.144. The van der Waals surface area contributed by atoms with Gasteiger partial charge in [0, 0.05) is 50.6 Å². The Morgan fingerprint density at radius 2 is 1.05 bits per heavy atom. The highest BCUT2D eigenvalue weighted by atomic mass is 16.4. The van der Waals surface area contributed by atoms with Crippen LogP contribution in [0.15, 0.2) is 71.9 Å². The minimum absolute atomic E-state index is 0.0188. The Balaban J connectivity index is 1.76. The SMILES string of the molecule is CCC(C)[C@@H](NC(=O)C(CCCN=C(N)N)NC(=O)[C@@H](CCCCC(=N)N)NC(=O)C(N)Cc1cnnn1CCCC[C@@H](CC(=O)[C@@H](CCCCN)NC(=O)[C@H](CC(=O)[C@H](C)Cc1ccccc1)Cc1ccccc1)C(=O)O)C(=O)N[C@@H](C(=O)N[C@H](CCCCN)C(=O)O)C(C)C. The summed E-state index contributed by atoms with van der Waals surface area (Å²) in [6, 6.07) is 10.3. The number of rotatable bonds is 51. The standard InChI is InChI=1S/C68H109N17O12/c1-6-43(4)59(65(93)82-58(42(2)3)64(92)81-54(67(96)97)29-16-19-33-70)83-63(91)53(30-21-34-76-68(74)75)80-62(90)52(28-13-14-31-57(72)73)79-61(89)50(71)40-49-41-77-84-85(49)35-20-17-26-47(66(94)95)38-56(87)51(27-15-18-32-69)78-60(88)48(37-46-24-11-8-12-25-46)39-55(86)44(5)36-45-22-9-7-10-23-45/h7-12,22-25,41-44,47-48,50-54,58-59H,6,13-21,26-40,69-71H2,1-5H3,(H3,72,73)(H,78,88)(H,79,89)(H,80,90)(H,81,92)(H,82,93)(H,83,91)(H,94,95)(H,96,97)(H4,74,75,76)/t43?,44-,47+,48+,50?,51-,52-,53?,54-,58-,59-/m1/s1. The molecule has 0 radical (unpaired) electrons. The molecule has 2 aromatic carbocycles. The second-order valence-electron chi connectivity index (χ2n) is 25.6. The van der Waals surface area contributed by atoms with Gasteiger partial charge in [0.1, 0.15) is 36.0 Å². The molecule has 0 saturated heterocycles. The van der Waals surface area contributed by atoms with Crippen LogP contribution in [-0.4, -0.2) is 158 Å². The molecule has 538 valence electrons. The third-order valence-corrected chi connectivity index (χ3v) is 17.2. The fraction of sp³-hybridized carbons (Fsp3) is 0.618. The number of aryl methyl sites for hydroxylation is 1. The highest BCUT2D eigenvalue weighted by Crippen LogP contribution is 2.22. The average Bonchev–Trinajstić information content (AvgIpc) is 1.17. The van der Waals surface area contributed by atoms with E-state index in [1.54, 1.807) is 27.7 Å². The monoisotopic (exact) mass is 1360 g/mol. The quantitative estimate of drug-likeness (QED) is 0.0219. The molecule has 0 aliphatic heterocycles. The van der Waals surface area contributed by atoms with Crippen molar-refractivity contribution in [3.63, 3.8) is 0 Å². The van der Waals surface area contributed by atoms with Crippen LogP contribution in [0.5, 0.6) is 0 Å². The zero-order chi connectivity index (χ0) is 72.0. The summed E-state index contributed by atoms with van der Waals surface area (Å²) in [6.07, 6.45) is 6.17. The van der Waals surface area contributed by atoms with Crippen molar-refractivity contribution in [2.75, 3.05) is 19.6 Å². The van der Waals surface area contributed by atoms with Crippen molar-refractivity contribution in [2.45, 2.75) is 218 Å². The lowest BCUT2D eigenvalue weighted by Gasteiger charge is -2.30. The molecule has 0 aliphatic carbocycles. The summed E-state index contributed by atoms with van der Waals surface area (Å²) in [5.41, 5.74) is 36.9. The number of aliphatic carboxylic acids is 2. The summed E-state index contributed by atoms with van der Waals surface area (Å²) in [5.74, 6) is -10.9. The molecular formula is C68H109N17O12. The normalized spacial score (nSPS) is 14.7. The van der Waals surface area contributed by atoms with Gasteiger partial charge in [-0.05, 0) is 126 Å². The number of carboxylic acid groups (broad SMARTS) is 2. The van der Waals surface area contributed by atoms with Gasteiger partial charge < -0.3 is 76.5 Å². The predicted octanol–water partition coefficient (Wildman–Crippen LogP) is 2.18. The fourth-order valence-electron chi connectivity index (χ4n) is 11.1. The molecule has 0 bridgehead atoms. The van der Waals surface area contributed by atoms with Gasteiger partial charge in [0.05, 0.1) is 35.7 Å². The van der Waals surface area contributed by atoms with Crippen LogP contribution in [0.3, 0.4) is 0 Å². The number of amidine groups is 1. The Hall–Kier alpha value is -8.70. The minimum Gasteiger partial charge on any atom is -0.481 e. The molecule has 1 aromatic heterocycles. The average molecular weight is 1360 g/mol. The van der Waals surface area contributed by atoms with Crippen LogP contribution in [0.4, 0.5) is 0 Å². The summed E-state index contributed by atoms with van der Waals surface area (Å²) in [6.45, 7) is 9.63. The number of ketones is 2. The van der Waals surface area contributed by atoms with Crippen molar-refractivity contribution in [1.29, 1.82) is 5.41 Å². The number of aromatic nitrogens is 3. The van der Waals surface area contributed by atoms with Crippen molar-refractivity contribution in [3.05, 3.63) is 83.7 Å². The number of guanidine groups is 1. The molecule has 6 amide bonds. The highest BCUT2D eigenvalue weighted by Gasteiger charge is 2.37. The summed E-state index contributed by atoms with van der Waals surface area (Å²) >= 11 is 0. The summed E-state index contributed by atoms with van der Waals surface area (Å²) in [5, 5.41) is 52.5. The number of nitrogens with two attached hydrogens (primary N) is 6. The minimum atomic E-state index is -1.34. The van der Waals surface area contributed by atoms with E-state index in [0.717, 1.165) is 11.1 Å². The molecule has 29 heteroatoms. The summed E-state index contributed by atoms with van der Waals surface area (Å²) in [7, 11) is 0. The molecule has 11 atom stereocenters. The van der Waals surface area contributed by atoms with Gasteiger partial charge in [0.25, 0.3) is 0 Å². The molecule has 3 unspecified atom stereocenters. The zero-order valence-electron chi connectivity index (χ0n) is 57.2. The summed E-state index contributed by atoms with van der Waals surface area (Å²) < 4.78 is 1.51. The number of carbonyl (C=O) groups is 10. The van der Waals surface area contributed by atoms with Crippen molar-refractivity contribution in [3.8, 4) is 0 Å². The Bertz CT molecular complexity index is 3000. The Morgan fingerprint density at radius 1 is 0.546 bits per heavy atom. The molecule has 0 spiro atoms. The van der Waals surface area contributed by atoms with Gasteiger partial charge in [-0.1, -0.05) is 120 Å². The van der Waals surface area contributed by atoms with Gasteiger partial charge in [-0.25, -0.2) is 9.48 Å². The third kappa shape index (κ3) is 31.4. The predicted molar refractivity (Wildman–Crippen MR) is 368 cm³/mol. The van der Waals surface area contributed by atoms with Crippen LogP contribution in [0.1, 0.15) is 167 Å². The molecule has 0 aliphatic rings. The lowest BCUT2D eigenvalue weighted by atomic mass is 9.86. The molecule has 97 heavy (non-hydrogen) atoms. The topological polar surface area (TPSA) is 506 Å². The van der Waals surface area contributed by atoms with Gasteiger partial charge in [0.15, 0.2) is 11.7 Å². The molecule has 21 N–H and O–H groups in total. The number of carboxylic acids is 2. The van der Waals surface area contributed by atoms with Crippen molar-refractivity contribution in [2.24, 2.45) is 69.0 Å². The maximum absolute atomic E-state index is 14.4. The Morgan fingerprint density at radius 3 is 1.62 bits per heavy atom. The van der Waals surface area contributed by atoms with E-state index in [4.69, 9.17) is 39.8 Å². The van der Waals surface area contributed by atoms with Crippen LogP contribution in [0, 0.1) is 35.0 Å². The second kappa shape index (κ2) is 44.9. The van der Waals surface area contributed by atoms with E-state index in [9.17, 15) is 58.2 Å². The number of Topliss-reactive ketones (excluding diaryl/α,β-unsaturated/α-hetero) is 2. The number of nitrogens with one attached hydrogen (secondary N) is 7. The Labute approximate surface area is 569 Å². The number of amides is 6. The van der Waals surface area contributed by atoms with E-state index in [1.165, 1.54) is 10.9 Å². The first kappa shape index (κ1) is 82.5. The van der Waals surface area contributed by atoms with Gasteiger partial charge in [0.2, 0.25) is 35.4 Å². The van der Waals surface area contributed by atoms with Gasteiger partial charge in [-0.2, -0.15) is 0 Å². The van der Waals surface area contributed by atoms with Crippen molar-refractivity contribution < 1.29 is 58.2 Å². The van der Waals surface area contributed by atoms with Crippen LogP contribution in [0.25, 0.3) is 0 Å². The van der Waals surface area contributed by atoms with Crippen LogP contribution in [0.2, 0.25) is 0 Å². The van der Waals surface area contributed by atoms with E-state index < -0.39 is 119 Å². The first-order chi connectivity index (χ1) is 46.2. The van der Waals surface area contributed by atoms with Crippen molar-refractivity contribution >= 4 is 70.7 Å².